The van der Waals surface area contributed by atoms with E-state index in [4.69, 9.17) is 0 Å². The molecular formula is C27H27N3O3. The van der Waals surface area contributed by atoms with Gasteiger partial charge in [-0.15, -0.1) is 0 Å². The van der Waals surface area contributed by atoms with E-state index in [0.717, 1.165) is 27.2 Å². The molecule has 33 heavy (non-hydrogen) atoms. The summed E-state index contributed by atoms with van der Waals surface area (Å²) in [4.78, 5) is 39.2. The normalized spacial score (nSPS) is 18.7. The molecule has 4 rings (SSSR count). The highest BCUT2D eigenvalue weighted by Crippen LogP contribution is 2.29. The fourth-order valence-electron chi connectivity index (χ4n) is 4.03. The van der Waals surface area contributed by atoms with Crippen molar-refractivity contribution < 1.29 is 14.4 Å². The van der Waals surface area contributed by atoms with Gasteiger partial charge in [-0.3, -0.25) is 14.5 Å². The zero-order valence-electron chi connectivity index (χ0n) is 19.0. The predicted molar refractivity (Wildman–Crippen MR) is 127 cm³/mol. The van der Waals surface area contributed by atoms with E-state index in [2.05, 4.69) is 10.6 Å². The van der Waals surface area contributed by atoms with Crippen LogP contribution >= 0.6 is 0 Å². The molecule has 2 N–H and O–H groups in total. The lowest BCUT2D eigenvalue weighted by Gasteiger charge is -2.22. The Balaban J connectivity index is 1.40. The summed E-state index contributed by atoms with van der Waals surface area (Å²) in [6, 6.07) is 24.6. The minimum absolute atomic E-state index is 0.272. The number of amides is 4. The van der Waals surface area contributed by atoms with Crippen molar-refractivity contribution in [2.75, 3.05) is 6.54 Å². The van der Waals surface area contributed by atoms with E-state index in [-0.39, 0.29) is 12.6 Å². The summed E-state index contributed by atoms with van der Waals surface area (Å²) in [6.07, 6.45) is 0. The molecule has 0 saturated carbocycles. The molecule has 3 aromatic rings. The van der Waals surface area contributed by atoms with Gasteiger partial charge in [0.1, 0.15) is 12.1 Å². The molecular weight excluding hydrogens is 414 g/mol. The number of aryl methyl sites for hydroxylation is 1. The first-order valence-electron chi connectivity index (χ1n) is 10.9. The third-order valence-electron chi connectivity index (χ3n) is 6.10. The molecule has 0 unspecified atom stereocenters. The third-order valence-corrected chi connectivity index (χ3v) is 6.10. The number of carbonyl (C=O) groups is 3. The fourth-order valence-corrected chi connectivity index (χ4v) is 4.03. The van der Waals surface area contributed by atoms with Crippen molar-refractivity contribution >= 4 is 17.8 Å². The lowest BCUT2D eigenvalue weighted by Crippen LogP contribution is -2.43. The number of carbonyl (C=O) groups excluding carboxylic acids is 3. The van der Waals surface area contributed by atoms with Gasteiger partial charge in [-0.1, -0.05) is 84.4 Å². The quantitative estimate of drug-likeness (QED) is 0.560. The fraction of sp³-hybridized carbons (Fsp3) is 0.222. The number of hydrogen-bond donors (Lipinski definition) is 2. The van der Waals surface area contributed by atoms with E-state index >= 15 is 0 Å². The molecule has 1 aliphatic rings. The van der Waals surface area contributed by atoms with E-state index in [0.29, 0.717) is 5.56 Å². The van der Waals surface area contributed by atoms with Crippen LogP contribution in [0.4, 0.5) is 4.79 Å². The van der Waals surface area contributed by atoms with Gasteiger partial charge in [-0.2, -0.15) is 0 Å². The Kier molecular flexibility index (Phi) is 6.01. The van der Waals surface area contributed by atoms with Gasteiger partial charge < -0.3 is 10.6 Å². The van der Waals surface area contributed by atoms with Crippen molar-refractivity contribution in [3.8, 4) is 11.1 Å². The van der Waals surface area contributed by atoms with Crippen LogP contribution in [0, 0.1) is 6.92 Å². The Bertz CT molecular complexity index is 1170. The van der Waals surface area contributed by atoms with Gasteiger partial charge in [0, 0.05) is 0 Å². The average molecular weight is 442 g/mol. The zero-order valence-corrected chi connectivity index (χ0v) is 19.0. The smallest absolute Gasteiger partial charge is 0.325 e. The topological polar surface area (TPSA) is 78.5 Å². The lowest BCUT2D eigenvalue weighted by molar-refractivity contribution is -0.135. The number of imide groups is 1. The van der Waals surface area contributed by atoms with Crippen LogP contribution in [0.1, 0.15) is 36.6 Å². The van der Waals surface area contributed by atoms with E-state index < -0.39 is 23.4 Å². The molecule has 1 fully saturated rings. The van der Waals surface area contributed by atoms with E-state index in [1.165, 1.54) is 0 Å². The summed E-state index contributed by atoms with van der Waals surface area (Å²) in [7, 11) is 0. The van der Waals surface area contributed by atoms with Crippen molar-refractivity contribution in [3.63, 3.8) is 0 Å². The van der Waals surface area contributed by atoms with Crippen LogP contribution in [0.3, 0.4) is 0 Å². The number of hydrogen-bond acceptors (Lipinski definition) is 3. The number of benzene rings is 3. The summed E-state index contributed by atoms with van der Waals surface area (Å²) < 4.78 is 0. The summed E-state index contributed by atoms with van der Waals surface area (Å²) >= 11 is 0. The molecule has 0 aromatic heterocycles. The molecule has 168 valence electrons. The minimum atomic E-state index is -1.19. The molecule has 1 saturated heterocycles. The summed E-state index contributed by atoms with van der Waals surface area (Å²) in [5.74, 6) is -0.835. The van der Waals surface area contributed by atoms with Gasteiger partial charge in [0.05, 0.1) is 6.04 Å². The van der Waals surface area contributed by atoms with Crippen molar-refractivity contribution in [3.05, 3.63) is 95.6 Å². The zero-order chi connectivity index (χ0) is 23.6. The highest BCUT2D eigenvalue weighted by molar-refractivity contribution is 6.09. The average Bonchev–Trinajstić information content (AvgIpc) is 3.04. The van der Waals surface area contributed by atoms with E-state index in [9.17, 15) is 14.4 Å². The Labute approximate surface area is 193 Å². The van der Waals surface area contributed by atoms with Crippen LogP contribution in [0.15, 0.2) is 78.9 Å². The van der Waals surface area contributed by atoms with Gasteiger partial charge in [0.15, 0.2) is 0 Å². The molecule has 0 radical (unpaired) electrons. The highest BCUT2D eigenvalue weighted by Gasteiger charge is 2.49. The highest BCUT2D eigenvalue weighted by atomic mass is 16.2. The Hall–Kier alpha value is -3.93. The van der Waals surface area contributed by atoms with Gasteiger partial charge >= 0.3 is 6.03 Å². The van der Waals surface area contributed by atoms with Crippen LogP contribution in [0.5, 0.6) is 0 Å². The summed E-state index contributed by atoms with van der Waals surface area (Å²) in [5, 5.41) is 5.62. The summed E-state index contributed by atoms with van der Waals surface area (Å²) in [5.41, 5.74) is 3.69. The maximum Gasteiger partial charge on any atom is 0.325 e. The van der Waals surface area contributed by atoms with Crippen molar-refractivity contribution in [1.82, 2.24) is 15.5 Å². The number of rotatable bonds is 6. The SMILES string of the molecule is Cc1ccc([C@]2(C)NC(=O)N(CC(=O)N[C@H](C)c3ccc(-c4ccccc4)cc3)C2=O)cc1. The number of nitrogens with one attached hydrogen (secondary N) is 2. The molecule has 6 heteroatoms. The standard InChI is InChI=1S/C27H27N3O3/c1-18-9-15-23(16-10-18)27(3)25(32)30(26(33)29-27)17-24(31)28-19(2)20-11-13-22(14-12-20)21-7-5-4-6-8-21/h4-16,19H,17H2,1-3H3,(H,28,31)(H,29,33)/t19-,27+/m1/s1. The van der Waals surface area contributed by atoms with Crippen LogP contribution in [0.25, 0.3) is 11.1 Å². The molecule has 1 heterocycles. The Morgan fingerprint density at radius 1 is 0.939 bits per heavy atom. The Morgan fingerprint density at radius 2 is 1.55 bits per heavy atom. The van der Waals surface area contributed by atoms with Gasteiger partial charge in [0.2, 0.25) is 5.91 Å². The monoisotopic (exact) mass is 441 g/mol. The van der Waals surface area contributed by atoms with Crippen molar-refractivity contribution in [1.29, 1.82) is 0 Å². The molecule has 1 aliphatic heterocycles. The predicted octanol–water partition coefficient (Wildman–Crippen LogP) is 4.31. The van der Waals surface area contributed by atoms with Crippen molar-refractivity contribution in [2.24, 2.45) is 0 Å². The van der Waals surface area contributed by atoms with Crippen molar-refractivity contribution in [2.45, 2.75) is 32.4 Å². The van der Waals surface area contributed by atoms with Gasteiger partial charge in [-0.05, 0) is 43.0 Å². The maximum absolute atomic E-state index is 13.0. The molecule has 0 spiro atoms. The second-order valence-corrected chi connectivity index (χ2v) is 8.59. The first-order chi connectivity index (χ1) is 15.8. The van der Waals surface area contributed by atoms with Crippen LogP contribution < -0.4 is 10.6 Å². The third kappa shape index (κ3) is 4.51. The second kappa shape index (κ2) is 8.90. The molecule has 6 nitrogen and oxygen atoms in total. The Morgan fingerprint density at radius 3 is 2.18 bits per heavy atom. The largest absolute Gasteiger partial charge is 0.348 e. The molecule has 3 aromatic carbocycles. The second-order valence-electron chi connectivity index (χ2n) is 8.59. The van der Waals surface area contributed by atoms with Gasteiger partial charge in [-0.25, -0.2) is 4.79 Å². The van der Waals surface area contributed by atoms with E-state index in [1.807, 2.05) is 92.7 Å². The summed E-state index contributed by atoms with van der Waals surface area (Å²) in [6.45, 7) is 5.15. The first-order valence-corrected chi connectivity index (χ1v) is 10.9. The van der Waals surface area contributed by atoms with Crippen LogP contribution in [-0.2, 0) is 15.1 Å². The molecule has 4 amide bonds. The lowest BCUT2D eigenvalue weighted by atomic mass is 9.91. The van der Waals surface area contributed by atoms with Gasteiger partial charge in [0.25, 0.3) is 5.91 Å². The minimum Gasteiger partial charge on any atom is -0.348 e. The van der Waals surface area contributed by atoms with Crippen LogP contribution in [-0.4, -0.2) is 29.3 Å². The number of urea groups is 1. The molecule has 0 aliphatic carbocycles. The molecule has 2 atom stereocenters. The van der Waals surface area contributed by atoms with Crippen LogP contribution in [0.2, 0.25) is 0 Å². The number of nitrogens with zero attached hydrogens (tertiary/aromatic N) is 1. The maximum atomic E-state index is 13.0. The van der Waals surface area contributed by atoms with E-state index in [1.54, 1.807) is 6.92 Å². The first kappa shape index (κ1) is 22.3. The molecule has 0 bridgehead atoms.